The lowest BCUT2D eigenvalue weighted by molar-refractivity contribution is -0.120. The fourth-order valence-electron chi connectivity index (χ4n) is 1.29. The predicted molar refractivity (Wildman–Crippen MR) is 57.5 cm³/mol. The Balaban J connectivity index is 2.47. The van der Waals surface area contributed by atoms with Crippen molar-refractivity contribution in [2.24, 2.45) is 11.7 Å². The molecule has 0 radical (unpaired) electrons. The number of hydrogen-bond donors (Lipinski definition) is 2. The molecule has 3 N–H and O–H groups in total. The average Bonchev–Trinajstić information content (AvgIpc) is 2.83. The molecule has 15 heavy (non-hydrogen) atoms. The molecule has 1 aliphatic carbocycles. The summed E-state index contributed by atoms with van der Waals surface area (Å²) in [5.41, 5.74) is 5.57. The van der Waals surface area contributed by atoms with Gasteiger partial charge in [0.1, 0.15) is 0 Å². The molecule has 6 heteroatoms. The normalized spacial score (nSPS) is 18.9. The fraction of sp³-hybridized carbons (Fsp3) is 0.889. The minimum Gasteiger partial charge on any atom is -0.320 e. The Morgan fingerprint density at radius 2 is 2.00 bits per heavy atom. The Labute approximate surface area is 90.5 Å². The molecule has 0 aromatic rings. The zero-order chi connectivity index (χ0) is 11.6. The van der Waals surface area contributed by atoms with Gasteiger partial charge < -0.3 is 5.73 Å². The van der Waals surface area contributed by atoms with Crippen LogP contribution >= 0.6 is 0 Å². The maximum atomic E-state index is 11.4. The van der Waals surface area contributed by atoms with Crippen LogP contribution in [0.4, 0.5) is 0 Å². The van der Waals surface area contributed by atoms with E-state index in [1.165, 1.54) is 0 Å². The van der Waals surface area contributed by atoms with Gasteiger partial charge in [-0.25, -0.2) is 8.42 Å². The van der Waals surface area contributed by atoms with Gasteiger partial charge in [-0.05, 0) is 25.2 Å². The second kappa shape index (κ2) is 4.49. The van der Waals surface area contributed by atoms with E-state index in [0.717, 1.165) is 0 Å². The van der Waals surface area contributed by atoms with Crippen molar-refractivity contribution in [3.05, 3.63) is 0 Å². The molecule has 0 spiro atoms. The number of amides is 1. The van der Waals surface area contributed by atoms with E-state index in [0.29, 0.717) is 19.3 Å². The van der Waals surface area contributed by atoms with E-state index in [9.17, 15) is 13.2 Å². The molecule has 0 aromatic carbocycles. The van der Waals surface area contributed by atoms with Crippen molar-refractivity contribution in [3.8, 4) is 0 Å². The van der Waals surface area contributed by atoms with Crippen molar-refractivity contribution in [2.45, 2.75) is 44.4 Å². The molecule has 1 rings (SSSR count). The van der Waals surface area contributed by atoms with Crippen molar-refractivity contribution in [1.82, 2.24) is 4.72 Å². The first-order valence-electron chi connectivity index (χ1n) is 5.14. The Kier molecular flexibility index (Phi) is 3.72. The van der Waals surface area contributed by atoms with Crippen LogP contribution in [0.15, 0.2) is 0 Å². The van der Waals surface area contributed by atoms with Gasteiger partial charge in [-0.1, -0.05) is 13.8 Å². The maximum Gasteiger partial charge on any atom is 0.250 e. The van der Waals surface area contributed by atoms with Gasteiger partial charge in [0, 0.05) is 0 Å². The van der Waals surface area contributed by atoms with E-state index in [2.05, 4.69) is 0 Å². The standard InChI is InChI=1S/C9H18N2O3S/c1-6(2)5-8(10)9(12)11-15(13,14)7-3-4-7/h6-8H,3-5,10H2,1-2H3,(H,11,12)/t8-/m1/s1. The summed E-state index contributed by atoms with van der Waals surface area (Å²) in [6.07, 6.45) is 1.77. The highest BCUT2D eigenvalue weighted by Crippen LogP contribution is 2.27. The SMILES string of the molecule is CC(C)C[C@@H](N)C(=O)NS(=O)(=O)C1CC1. The van der Waals surface area contributed by atoms with Crippen molar-refractivity contribution >= 4 is 15.9 Å². The molecular formula is C9H18N2O3S. The number of nitrogens with two attached hydrogens (primary N) is 1. The van der Waals surface area contributed by atoms with Crippen LogP contribution in [0.3, 0.4) is 0 Å². The molecular weight excluding hydrogens is 216 g/mol. The van der Waals surface area contributed by atoms with Crippen molar-refractivity contribution in [3.63, 3.8) is 0 Å². The van der Waals surface area contributed by atoms with Crippen LogP contribution in [0.1, 0.15) is 33.1 Å². The molecule has 0 unspecified atom stereocenters. The van der Waals surface area contributed by atoms with Crippen LogP contribution in [0, 0.1) is 5.92 Å². The van der Waals surface area contributed by atoms with Crippen LogP contribution in [0.25, 0.3) is 0 Å². The molecule has 0 aliphatic heterocycles. The molecule has 0 bridgehead atoms. The molecule has 0 heterocycles. The minimum absolute atomic E-state index is 0.273. The average molecular weight is 234 g/mol. The van der Waals surface area contributed by atoms with Gasteiger partial charge in [-0.15, -0.1) is 0 Å². The number of carbonyl (C=O) groups excluding carboxylic acids is 1. The Morgan fingerprint density at radius 3 is 2.40 bits per heavy atom. The van der Waals surface area contributed by atoms with Gasteiger partial charge in [0.25, 0.3) is 0 Å². The highest BCUT2D eigenvalue weighted by atomic mass is 32.2. The third-order valence-electron chi connectivity index (χ3n) is 2.27. The van der Waals surface area contributed by atoms with Crippen LogP contribution in [0.5, 0.6) is 0 Å². The summed E-state index contributed by atoms with van der Waals surface area (Å²) in [6.45, 7) is 3.87. The monoisotopic (exact) mass is 234 g/mol. The number of sulfonamides is 1. The molecule has 1 saturated carbocycles. The molecule has 1 fully saturated rings. The Hall–Kier alpha value is -0.620. The molecule has 5 nitrogen and oxygen atoms in total. The second-order valence-corrected chi connectivity index (χ2v) is 6.41. The first-order chi connectivity index (χ1) is 6.83. The fourth-order valence-corrected chi connectivity index (χ4v) is 2.65. The third kappa shape index (κ3) is 3.79. The molecule has 88 valence electrons. The smallest absolute Gasteiger partial charge is 0.250 e. The van der Waals surface area contributed by atoms with E-state index >= 15 is 0 Å². The predicted octanol–water partition coefficient (Wildman–Crippen LogP) is -0.0318. The van der Waals surface area contributed by atoms with Gasteiger partial charge in [-0.2, -0.15) is 0 Å². The summed E-state index contributed by atoms with van der Waals surface area (Å²) in [5.74, 6) is -0.315. The van der Waals surface area contributed by atoms with Crippen LogP contribution < -0.4 is 10.5 Å². The summed E-state index contributed by atoms with van der Waals surface area (Å²) in [7, 11) is -3.45. The van der Waals surface area contributed by atoms with Crippen LogP contribution in [-0.2, 0) is 14.8 Å². The van der Waals surface area contributed by atoms with Gasteiger partial charge in [-0.3, -0.25) is 9.52 Å². The summed E-state index contributed by atoms with van der Waals surface area (Å²) >= 11 is 0. The van der Waals surface area contributed by atoms with Gasteiger partial charge in [0.2, 0.25) is 15.9 Å². The highest BCUT2D eigenvalue weighted by molar-refractivity contribution is 7.90. The summed E-state index contributed by atoms with van der Waals surface area (Å²) in [5, 5.41) is -0.382. The maximum absolute atomic E-state index is 11.4. The lowest BCUT2D eigenvalue weighted by atomic mass is 10.0. The molecule has 0 saturated heterocycles. The zero-order valence-electron chi connectivity index (χ0n) is 9.06. The van der Waals surface area contributed by atoms with E-state index in [1.54, 1.807) is 0 Å². The lowest BCUT2D eigenvalue weighted by Crippen LogP contribution is -2.45. The summed E-state index contributed by atoms with van der Waals surface area (Å²) in [4.78, 5) is 11.4. The van der Waals surface area contributed by atoms with E-state index in [1.807, 2.05) is 18.6 Å². The zero-order valence-corrected chi connectivity index (χ0v) is 9.88. The van der Waals surface area contributed by atoms with E-state index in [4.69, 9.17) is 5.73 Å². The van der Waals surface area contributed by atoms with Crippen LogP contribution in [-0.4, -0.2) is 25.6 Å². The highest BCUT2D eigenvalue weighted by Gasteiger charge is 2.37. The molecule has 1 aliphatic rings. The van der Waals surface area contributed by atoms with Crippen molar-refractivity contribution in [1.29, 1.82) is 0 Å². The first-order valence-corrected chi connectivity index (χ1v) is 6.68. The van der Waals surface area contributed by atoms with Crippen molar-refractivity contribution in [2.75, 3.05) is 0 Å². The quantitative estimate of drug-likeness (QED) is 0.699. The molecule has 0 aromatic heterocycles. The molecule has 1 atom stereocenters. The summed E-state index contributed by atoms with van der Waals surface area (Å²) < 4.78 is 24.8. The Morgan fingerprint density at radius 1 is 1.47 bits per heavy atom. The molecule has 1 amide bonds. The third-order valence-corrected chi connectivity index (χ3v) is 4.10. The van der Waals surface area contributed by atoms with Crippen molar-refractivity contribution < 1.29 is 13.2 Å². The van der Waals surface area contributed by atoms with Gasteiger partial charge in [0.05, 0.1) is 11.3 Å². The number of hydrogen-bond acceptors (Lipinski definition) is 4. The number of nitrogens with one attached hydrogen (secondary N) is 1. The number of rotatable bonds is 5. The van der Waals surface area contributed by atoms with E-state index < -0.39 is 22.0 Å². The number of carbonyl (C=O) groups is 1. The van der Waals surface area contributed by atoms with E-state index in [-0.39, 0.29) is 11.2 Å². The first kappa shape index (κ1) is 12.4. The van der Waals surface area contributed by atoms with Crippen LogP contribution in [0.2, 0.25) is 0 Å². The second-order valence-electron chi connectivity index (χ2n) is 4.45. The topological polar surface area (TPSA) is 89.3 Å². The lowest BCUT2D eigenvalue weighted by Gasteiger charge is -2.13. The minimum atomic E-state index is -3.45. The summed E-state index contributed by atoms with van der Waals surface area (Å²) in [6, 6.07) is -0.737. The van der Waals surface area contributed by atoms with Gasteiger partial charge >= 0.3 is 0 Å². The van der Waals surface area contributed by atoms with Gasteiger partial charge in [0.15, 0.2) is 0 Å². The largest absolute Gasteiger partial charge is 0.320 e. The Bertz CT molecular complexity index is 333.